The molecular weight excluding hydrogens is 264 g/mol. The summed E-state index contributed by atoms with van der Waals surface area (Å²) in [6, 6.07) is 9.98. The lowest BCUT2D eigenvalue weighted by Crippen LogP contribution is -3.12. The van der Waals surface area contributed by atoms with Crippen LogP contribution >= 0.6 is 0 Å². The Kier molecular flexibility index (Phi) is 4.25. The summed E-state index contributed by atoms with van der Waals surface area (Å²) < 4.78 is 10.7. The molecule has 1 aromatic carbocycles. The van der Waals surface area contributed by atoms with Crippen molar-refractivity contribution in [2.45, 2.75) is 26.3 Å². The summed E-state index contributed by atoms with van der Waals surface area (Å²) in [4.78, 5) is 1.60. The predicted molar refractivity (Wildman–Crippen MR) is 81.3 cm³/mol. The molecule has 0 amide bonds. The molecule has 2 aromatic rings. The van der Waals surface area contributed by atoms with Gasteiger partial charge in [0.25, 0.3) is 0 Å². The number of ether oxygens (including phenoxy) is 1. The Hall–Kier alpha value is -1.81. The van der Waals surface area contributed by atoms with E-state index in [-0.39, 0.29) is 0 Å². The third-order valence-electron chi connectivity index (χ3n) is 4.23. The second-order valence-electron chi connectivity index (χ2n) is 6.04. The molecule has 1 aromatic heterocycles. The van der Waals surface area contributed by atoms with Crippen molar-refractivity contribution in [3.05, 3.63) is 36.1 Å². The number of piperidine rings is 1. The molecule has 1 fully saturated rings. The Balaban J connectivity index is 1.67. The predicted octanol–water partition coefficient (Wildman–Crippen LogP) is 2.17. The number of benzene rings is 1. The lowest BCUT2D eigenvalue weighted by molar-refractivity contribution is -0.923. The molecule has 4 heteroatoms. The fraction of sp³-hybridized carbons (Fsp3) is 0.471. The summed E-state index contributed by atoms with van der Waals surface area (Å²) in [5, 5.41) is 4.20. The van der Waals surface area contributed by atoms with E-state index >= 15 is 0 Å². The summed E-state index contributed by atoms with van der Waals surface area (Å²) in [5.74, 6) is 2.65. The van der Waals surface area contributed by atoms with Gasteiger partial charge in [-0.15, -0.1) is 0 Å². The van der Waals surface area contributed by atoms with E-state index in [0.717, 1.165) is 35.2 Å². The first kappa shape index (κ1) is 14.1. The standard InChI is InChI=1S/C17H22N2O2/c1-13-4-3-9-19(11-13)12-16-10-17(18-21-16)14-5-7-15(20-2)8-6-14/h5-8,10,13H,3-4,9,11-12H2,1-2H3/p+1/t13-/m1/s1. The van der Waals surface area contributed by atoms with Crippen LogP contribution in [0.1, 0.15) is 25.5 Å². The van der Waals surface area contributed by atoms with Gasteiger partial charge in [-0.25, -0.2) is 0 Å². The molecule has 0 bridgehead atoms. The van der Waals surface area contributed by atoms with Crippen molar-refractivity contribution in [1.29, 1.82) is 0 Å². The quantitative estimate of drug-likeness (QED) is 0.937. The lowest BCUT2D eigenvalue weighted by Gasteiger charge is -2.26. The number of nitrogens with one attached hydrogen (secondary N) is 1. The van der Waals surface area contributed by atoms with Crippen LogP contribution < -0.4 is 9.64 Å². The summed E-state index contributed by atoms with van der Waals surface area (Å²) in [5.41, 5.74) is 1.96. The first-order chi connectivity index (χ1) is 10.2. The van der Waals surface area contributed by atoms with Crippen molar-refractivity contribution in [1.82, 2.24) is 5.16 Å². The zero-order valence-electron chi connectivity index (χ0n) is 12.8. The van der Waals surface area contributed by atoms with E-state index in [4.69, 9.17) is 9.26 Å². The Morgan fingerprint density at radius 1 is 1.33 bits per heavy atom. The summed E-state index contributed by atoms with van der Waals surface area (Å²) in [6.45, 7) is 5.75. The fourth-order valence-electron chi connectivity index (χ4n) is 3.10. The minimum absolute atomic E-state index is 0.817. The summed E-state index contributed by atoms with van der Waals surface area (Å²) in [6.07, 6.45) is 2.67. The topological polar surface area (TPSA) is 39.7 Å². The summed E-state index contributed by atoms with van der Waals surface area (Å²) in [7, 11) is 1.67. The highest BCUT2D eigenvalue weighted by molar-refractivity contribution is 5.59. The molecule has 2 heterocycles. The van der Waals surface area contributed by atoms with Gasteiger partial charge in [-0.05, 0) is 37.1 Å². The van der Waals surface area contributed by atoms with Gasteiger partial charge in [-0.2, -0.15) is 0 Å². The van der Waals surface area contributed by atoms with Gasteiger partial charge in [0.05, 0.1) is 20.2 Å². The van der Waals surface area contributed by atoms with Gasteiger partial charge < -0.3 is 14.2 Å². The number of hydrogen-bond acceptors (Lipinski definition) is 3. The van der Waals surface area contributed by atoms with Crippen LogP contribution in [0.25, 0.3) is 11.3 Å². The van der Waals surface area contributed by atoms with Crippen LogP contribution in [0.5, 0.6) is 5.75 Å². The second-order valence-corrected chi connectivity index (χ2v) is 6.04. The molecule has 1 saturated heterocycles. The van der Waals surface area contributed by atoms with Crippen molar-refractivity contribution in [3.63, 3.8) is 0 Å². The highest BCUT2D eigenvalue weighted by Crippen LogP contribution is 2.22. The zero-order chi connectivity index (χ0) is 14.7. The number of aromatic nitrogens is 1. The first-order valence-corrected chi connectivity index (χ1v) is 7.68. The smallest absolute Gasteiger partial charge is 0.191 e. The molecule has 1 aliphatic heterocycles. The largest absolute Gasteiger partial charge is 0.497 e. The molecule has 1 unspecified atom stereocenters. The maximum atomic E-state index is 5.51. The molecule has 21 heavy (non-hydrogen) atoms. The average molecular weight is 287 g/mol. The molecule has 2 atom stereocenters. The number of rotatable bonds is 4. The fourth-order valence-corrected chi connectivity index (χ4v) is 3.10. The molecule has 0 radical (unpaired) electrons. The van der Waals surface area contributed by atoms with Crippen LogP contribution in [0.15, 0.2) is 34.9 Å². The van der Waals surface area contributed by atoms with E-state index in [9.17, 15) is 0 Å². The normalized spacial score (nSPS) is 22.2. The Bertz CT molecular complexity index is 577. The Labute approximate surface area is 125 Å². The van der Waals surface area contributed by atoms with Crippen molar-refractivity contribution in [3.8, 4) is 17.0 Å². The Morgan fingerprint density at radius 3 is 2.86 bits per heavy atom. The molecule has 112 valence electrons. The number of likely N-dealkylation sites (tertiary alicyclic amines) is 1. The van der Waals surface area contributed by atoms with Crippen LogP contribution in [0.4, 0.5) is 0 Å². The van der Waals surface area contributed by atoms with Crippen molar-refractivity contribution < 1.29 is 14.2 Å². The lowest BCUT2D eigenvalue weighted by atomic mass is 10.0. The molecule has 0 spiro atoms. The van der Waals surface area contributed by atoms with Gasteiger partial charge in [0, 0.05) is 17.5 Å². The molecule has 4 nitrogen and oxygen atoms in total. The maximum Gasteiger partial charge on any atom is 0.191 e. The number of nitrogens with zero attached hydrogens (tertiary/aromatic N) is 1. The van der Waals surface area contributed by atoms with Crippen LogP contribution in [0.2, 0.25) is 0 Å². The van der Waals surface area contributed by atoms with E-state index in [2.05, 4.69) is 18.1 Å². The minimum atomic E-state index is 0.817. The van der Waals surface area contributed by atoms with Crippen molar-refractivity contribution in [2.24, 2.45) is 5.92 Å². The van der Waals surface area contributed by atoms with Crippen LogP contribution in [-0.4, -0.2) is 25.4 Å². The van der Waals surface area contributed by atoms with E-state index in [1.165, 1.54) is 25.9 Å². The highest BCUT2D eigenvalue weighted by atomic mass is 16.5. The molecule has 1 aliphatic rings. The van der Waals surface area contributed by atoms with E-state index in [1.54, 1.807) is 12.0 Å². The second kappa shape index (κ2) is 6.31. The van der Waals surface area contributed by atoms with E-state index in [1.807, 2.05) is 24.3 Å². The summed E-state index contributed by atoms with van der Waals surface area (Å²) >= 11 is 0. The molecular formula is C17H23N2O2+. The van der Waals surface area contributed by atoms with Gasteiger partial charge in [0.2, 0.25) is 0 Å². The van der Waals surface area contributed by atoms with Crippen molar-refractivity contribution >= 4 is 0 Å². The number of quaternary nitrogens is 1. The zero-order valence-corrected chi connectivity index (χ0v) is 12.8. The first-order valence-electron chi connectivity index (χ1n) is 7.68. The van der Waals surface area contributed by atoms with Crippen LogP contribution in [-0.2, 0) is 6.54 Å². The van der Waals surface area contributed by atoms with Crippen molar-refractivity contribution in [2.75, 3.05) is 20.2 Å². The third-order valence-corrected chi connectivity index (χ3v) is 4.23. The van der Waals surface area contributed by atoms with Gasteiger partial charge >= 0.3 is 0 Å². The van der Waals surface area contributed by atoms with Gasteiger partial charge in [-0.1, -0.05) is 12.1 Å². The van der Waals surface area contributed by atoms with Crippen LogP contribution in [0.3, 0.4) is 0 Å². The third kappa shape index (κ3) is 3.45. The molecule has 3 rings (SSSR count). The van der Waals surface area contributed by atoms with Gasteiger partial charge in [0.1, 0.15) is 18.0 Å². The number of methoxy groups -OCH3 is 1. The monoisotopic (exact) mass is 287 g/mol. The maximum absolute atomic E-state index is 5.51. The van der Waals surface area contributed by atoms with Gasteiger partial charge in [0.15, 0.2) is 5.76 Å². The highest BCUT2D eigenvalue weighted by Gasteiger charge is 2.21. The number of hydrogen-bond donors (Lipinski definition) is 1. The molecule has 0 aliphatic carbocycles. The van der Waals surface area contributed by atoms with Crippen LogP contribution in [0, 0.1) is 5.92 Å². The van der Waals surface area contributed by atoms with E-state index < -0.39 is 0 Å². The van der Waals surface area contributed by atoms with Gasteiger partial charge in [-0.3, -0.25) is 0 Å². The average Bonchev–Trinajstić information content (AvgIpc) is 2.96. The van der Waals surface area contributed by atoms with E-state index in [0.29, 0.717) is 0 Å². The minimum Gasteiger partial charge on any atom is -0.497 e. The SMILES string of the molecule is COc1ccc(-c2cc(C[NH+]3CCC[C@@H](C)C3)on2)cc1. The molecule has 0 saturated carbocycles. The molecule has 1 N–H and O–H groups in total. The Morgan fingerprint density at radius 2 is 2.14 bits per heavy atom.